The molecule has 0 atom stereocenters. The highest BCUT2D eigenvalue weighted by Crippen LogP contribution is 2.31. The number of hydrogen-bond donors (Lipinski definition) is 0. The van der Waals surface area contributed by atoms with E-state index in [-0.39, 0.29) is 0 Å². The Labute approximate surface area is 146 Å². The fraction of sp³-hybridized carbons (Fsp3) is 0.348. The Morgan fingerprint density at radius 2 is 1.71 bits per heavy atom. The maximum absolute atomic E-state index is 2.39. The summed E-state index contributed by atoms with van der Waals surface area (Å²) < 4.78 is 2.27. The van der Waals surface area contributed by atoms with Gasteiger partial charge in [-0.25, -0.2) is 4.57 Å². The molecule has 2 aromatic carbocycles. The lowest BCUT2D eigenvalue weighted by Crippen LogP contribution is -2.30. The van der Waals surface area contributed by atoms with Crippen molar-refractivity contribution in [2.45, 2.75) is 41.0 Å². The van der Waals surface area contributed by atoms with E-state index in [1.165, 1.54) is 44.3 Å². The molecule has 0 radical (unpaired) electrons. The molecule has 24 heavy (non-hydrogen) atoms. The van der Waals surface area contributed by atoms with Crippen LogP contribution in [0.5, 0.6) is 0 Å². The summed E-state index contributed by atoms with van der Waals surface area (Å²) >= 11 is 0. The standard InChI is InChI=1S/C23H28N/c1-15(2)11-19-7-8-20-9-10-24(6)23(22(20)14-19)21-13-16(3)12-17(4)18(21)5/h7-10,12-15H,11H2,1-6H3/q+1. The van der Waals surface area contributed by atoms with E-state index < -0.39 is 0 Å². The second kappa shape index (κ2) is 6.39. The number of benzene rings is 2. The van der Waals surface area contributed by atoms with Gasteiger partial charge in [-0.1, -0.05) is 37.6 Å². The summed E-state index contributed by atoms with van der Waals surface area (Å²) in [4.78, 5) is 0. The van der Waals surface area contributed by atoms with Crippen LogP contribution in [0, 0.1) is 26.7 Å². The van der Waals surface area contributed by atoms with Crippen molar-refractivity contribution in [1.82, 2.24) is 0 Å². The van der Waals surface area contributed by atoms with E-state index in [0.717, 1.165) is 6.42 Å². The van der Waals surface area contributed by atoms with Crippen LogP contribution < -0.4 is 4.57 Å². The fourth-order valence-electron chi connectivity index (χ4n) is 3.63. The lowest BCUT2D eigenvalue weighted by molar-refractivity contribution is -0.659. The van der Waals surface area contributed by atoms with E-state index >= 15 is 0 Å². The molecule has 0 aliphatic heterocycles. The fourth-order valence-corrected chi connectivity index (χ4v) is 3.63. The van der Waals surface area contributed by atoms with Gasteiger partial charge in [-0.2, -0.15) is 0 Å². The first-order chi connectivity index (χ1) is 11.4. The predicted molar refractivity (Wildman–Crippen MR) is 103 cm³/mol. The van der Waals surface area contributed by atoms with E-state index in [1.807, 2.05) is 0 Å². The van der Waals surface area contributed by atoms with Crippen LogP contribution in [0.3, 0.4) is 0 Å². The molecule has 0 unspecified atom stereocenters. The lowest BCUT2D eigenvalue weighted by Gasteiger charge is -2.12. The van der Waals surface area contributed by atoms with Gasteiger partial charge in [0, 0.05) is 6.07 Å². The molecule has 3 rings (SSSR count). The van der Waals surface area contributed by atoms with Crippen LogP contribution in [0.25, 0.3) is 22.0 Å². The number of rotatable bonds is 3. The SMILES string of the molecule is Cc1cc(C)c(C)c(-c2c3cc(CC(C)C)ccc3cc[n+]2C)c1. The summed E-state index contributed by atoms with van der Waals surface area (Å²) in [5.74, 6) is 0.673. The highest BCUT2D eigenvalue weighted by atomic mass is 14.9. The molecule has 1 heteroatoms. The van der Waals surface area contributed by atoms with Crippen molar-refractivity contribution in [2.24, 2.45) is 13.0 Å². The molecule has 124 valence electrons. The van der Waals surface area contributed by atoms with Crippen LogP contribution in [0.4, 0.5) is 0 Å². The Kier molecular flexibility index (Phi) is 4.45. The normalized spacial score (nSPS) is 11.5. The number of nitrogens with zero attached hydrogens (tertiary/aromatic N) is 1. The zero-order valence-corrected chi connectivity index (χ0v) is 15.8. The summed E-state index contributed by atoms with van der Waals surface area (Å²) in [5, 5.41) is 2.67. The Hall–Kier alpha value is -2.15. The van der Waals surface area contributed by atoms with Crippen LogP contribution in [-0.2, 0) is 13.5 Å². The molecule has 1 aromatic heterocycles. The van der Waals surface area contributed by atoms with E-state index in [9.17, 15) is 0 Å². The topological polar surface area (TPSA) is 3.88 Å². The second-order valence-corrected chi connectivity index (χ2v) is 7.55. The molecule has 0 N–H and O–H groups in total. The van der Waals surface area contributed by atoms with Crippen LogP contribution in [0.2, 0.25) is 0 Å². The predicted octanol–water partition coefficient (Wildman–Crippen LogP) is 5.46. The molecule has 0 spiro atoms. The molecule has 0 saturated heterocycles. The van der Waals surface area contributed by atoms with Crippen molar-refractivity contribution in [3.8, 4) is 11.3 Å². The van der Waals surface area contributed by atoms with Gasteiger partial charge in [0.2, 0.25) is 5.69 Å². The van der Waals surface area contributed by atoms with Crippen molar-refractivity contribution in [1.29, 1.82) is 0 Å². The van der Waals surface area contributed by atoms with Gasteiger partial charge in [-0.05, 0) is 67.3 Å². The van der Waals surface area contributed by atoms with E-state index in [0.29, 0.717) is 5.92 Å². The Balaban J connectivity index is 2.32. The average Bonchev–Trinajstić information content (AvgIpc) is 2.50. The number of pyridine rings is 1. The molecule has 0 bridgehead atoms. The smallest absolute Gasteiger partial charge is 0.200 e. The molecule has 1 heterocycles. The summed E-state index contributed by atoms with van der Waals surface area (Å²) in [6.45, 7) is 11.2. The first kappa shape index (κ1) is 16.7. The number of aryl methyl sites for hydroxylation is 3. The summed E-state index contributed by atoms with van der Waals surface area (Å²) in [7, 11) is 2.15. The van der Waals surface area contributed by atoms with Gasteiger partial charge in [0.15, 0.2) is 6.20 Å². The van der Waals surface area contributed by atoms with Gasteiger partial charge in [-0.15, -0.1) is 0 Å². The van der Waals surface area contributed by atoms with Gasteiger partial charge in [0.25, 0.3) is 0 Å². The van der Waals surface area contributed by atoms with Crippen molar-refractivity contribution in [2.75, 3.05) is 0 Å². The molecule has 0 aliphatic rings. The quantitative estimate of drug-likeness (QED) is 0.565. The highest BCUT2D eigenvalue weighted by molar-refractivity contribution is 5.94. The van der Waals surface area contributed by atoms with Crippen molar-refractivity contribution >= 4 is 10.8 Å². The van der Waals surface area contributed by atoms with Crippen molar-refractivity contribution < 1.29 is 4.57 Å². The maximum Gasteiger partial charge on any atom is 0.220 e. The minimum absolute atomic E-state index is 0.673. The Morgan fingerprint density at radius 3 is 2.42 bits per heavy atom. The van der Waals surface area contributed by atoms with E-state index in [2.05, 4.69) is 88.8 Å². The molecule has 1 nitrogen and oxygen atoms in total. The van der Waals surface area contributed by atoms with Gasteiger partial charge in [-0.3, -0.25) is 0 Å². The Morgan fingerprint density at radius 1 is 0.958 bits per heavy atom. The van der Waals surface area contributed by atoms with Crippen molar-refractivity contribution in [3.05, 3.63) is 64.8 Å². The molecular weight excluding hydrogens is 290 g/mol. The third-order valence-corrected chi connectivity index (χ3v) is 4.91. The van der Waals surface area contributed by atoms with Crippen LogP contribution in [-0.4, -0.2) is 0 Å². The van der Waals surface area contributed by atoms with Crippen LogP contribution >= 0.6 is 0 Å². The van der Waals surface area contributed by atoms with E-state index in [1.54, 1.807) is 0 Å². The third kappa shape index (κ3) is 3.08. The van der Waals surface area contributed by atoms with Crippen LogP contribution in [0.1, 0.15) is 36.1 Å². The first-order valence-electron chi connectivity index (χ1n) is 8.86. The van der Waals surface area contributed by atoms with Gasteiger partial charge in [0.1, 0.15) is 7.05 Å². The molecule has 0 saturated carbocycles. The minimum Gasteiger partial charge on any atom is -0.200 e. The molecule has 0 aliphatic carbocycles. The van der Waals surface area contributed by atoms with E-state index in [4.69, 9.17) is 0 Å². The summed E-state index contributed by atoms with van der Waals surface area (Å²) in [6.07, 6.45) is 3.30. The molecule has 3 aromatic rings. The third-order valence-electron chi connectivity index (χ3n) is 4.91. The first-order valence-corrected chi connectivity index (χ1v) is 8.86. The van der Waals surface area contributed by atoms with Gasteiger partial charge < -0.3 is 0 Å². The minimum atomic E-state index is 0.673. The maximum atomic E-state index is 2.39. The highest BCUT2D eigenvalue weighted by Gasteiger charge is 2.18. The number of aromatic nitrogens is 1. The lowest BCUT2D eigenvalue weighted by atomic mass is 9.93. The average molecular weight is 318 g/mol. The Bertz CT molecular complexity index is 904. The number of fused-ring (bicyclic) bond motifs is 1. The van der Waals surface area contributed by atoms with Crippen molar-refractivity contribution in [3.63, 3.8) is 0 Å². The molecular formula is C23H28N+. The zero-order chi connectivity index (χ0) is 17.4. The monoisotopic (exact) mass is 318 g/mol. The largest absolute Gasteiger partial charge is 0.220 e. The zero-order valence-electron chi connectivity index (χ0n) is 15.8. The second-order valence-electron chi connectivity index (χ2n) is 7.55. The van der Waals surface area contributed by atoms with Gasteiger partial charge >= 0.3 is 0 Å². The molecule has 0 amide bonds. The summed E-state index contributed by atoms with van der Waals surface area (Å²) in [5.41, 5.74) is 8.15. The summed E-state index contributed by atoms with van der Waals surface area (Å²) in [6, 6.07) is 13.8. The number of hydrogen-bond acceptors (Lipinski definition) is 0. The van der Waals surface area contributed by atoms with Crippen LogP contribution in [0.15, 0.2) is 42.6 Å². The van der Waals surface area contributed by atoms with Gasteiger partial charge in [0.05, 0.1) is 10.9 Å². The molecule has 0 fully saturated rings.